The number of nitrogens with one attached hydrogen (secondary N) is 1. The van der Waals surface area contributed by atoms with Crippen LogP contribution in [-0.2, 0) is 11.3 Å². The second kappa shape index (κ2) is 9.96. The summed E-state index contributed by atoms with van der Waals surface area (Å²) in [7, 11) is 0. The molecule has 0 bridgehead atoms. The number of para-hydroxylation sites is 1. The van der Waals surface area contributed by atoms with Gasteiger partial charge in [-0.05, 0) is 49.1 Å². The number of nitrogens with zero attached hydrogens (tertiary/aromatic N) is 3. The van der Waals surface area contributed by atoms with Crippen LogP contribution in [0.2, 0.25) is 5.02 Å². The van der Waals surface area contributed by atoms with Crippen molar-refractivity contribution in [2.75, 3.05) is 18.0 Å². The van der Waals surface area contributed by atoms with Gasteiger partial charge in [-0.1, -0.05) is 35.9 Å². The maximum absolute atomic E-state index is 13.3. The number of aryl methyl sites for hydroxylation is 1. The van der Waals surface area contributed by atoms with Gasteiger partial charge < -0.3 is 15.0 Å². The van der Waals surface area contributed by atoms with Gasteiger partial charge >= 0.3 is 0 Å². The molecule has 1 aliphatic heterocycles. The van der Waals surface area contributed by atoms with E-state index in [9.17, 15) is 9.18 Å². The largest absolute Gasteiger partial charge is 0.436 e. The van der Waals surface area contributed by atoms with Crippen LogP contribution in [0.4, 0.5) is 10.2 Å². The molecule has 6 nitrogen and oxygen atoms in total. The molecule has 1 amide bonds. The van der Waals surface area contributed by atoms with Crippen molar-refractivity contribution in [3.63, 3.8) is 0 Å². The molecule has 1 fully saturated rings. The number of carbonyl (C=O) groups excluding carboxylic acids is 1. The average molecular weight is 455 g/mol. The van der Waals surface area contributed by atoms with Crippen molar-refractivity contribution in [1.82, 2.24) is 15.3 Å². The molecule has 0 spiro atoms. The van der Waals surface area contributed by atoms with Crippen LogP contribution in [0.15, 0.2) is 54.9 Å². The summed E-state index contributed by atoms with van der Waals surface area (Å²) in [5.41, 5.74) is 1.78. The lowest BCUT2D eigenvalue weighted by molar-refractivity contribution is -0.125. The number of halogens is 2. The van der Waals surface area contributed by atoms with Crippen molar-refractivity contribution in [2.45, 2.75) is 26.3 Å². The molecule has 0 atom stereocenters. The van der Waals surface area contributed by atoms with Crippen LogP contribution in [-0.4, -0.2) is 29.0 Å². The number of piperidine rings is 1. The molecule has 1 saturated heterocycles. The minimum atomic E-state index is -0.469. The van der Waals surface area contributed by atoms with E-state index < -0.39 is 5.82 Å². The second-order valence-electron chi connectivity index (χ2n) is 7.78. The fraction of sp³-hybridized carbons (Fsp3) is 0.292. The number of benzene rings is 2. The highest BCUT2D eigenvalue weighted by Gasteiger charge is 2.27. The third-order valence-electron chi connectivity index (χ3n) is 5.56. The zero-order chi connectivity index (χ0) is 22.5. The van der Waals surface area contributed by atoms with E-state index in [1.165, 1.54) is 12.1 Å². The molecule has 1 aromatic heterocycles. The number of rotatable bonds is 6. The SMILES string of the molecule is Cc1ccccc1Oc1nccnc1N1CCC(C(=O)NCc2ccc(F)c(Cl)c2)CC1. The number of hydrogen-bond donors (Lipinski definition) is 1. The van der Waals surface area contributed by atoms with Crippen LogP contribution in [0, 0.1) is 18.7 Å². The van der Waals surface area contributed by atoms with Gasteiger partial charge in [0.1, 0.15) is 11.6 Å². The number of hydrogen-bond acceptors (Lipinski definition) is 5. The van der Waals surface area contributed by atoms with Gasteiger partial charge in [-0.3, -0.25) is 4.79 Å². The molecule has 0 saturated carbocycles. The topological polar surface area (TPSA) is 67.4 Å². The summed E-state index contributed by atoms with van der Waals surface area (Å²) in [4.78, 5) is 23.6. The second-order valence-corrected chi connectivity index (χ2v) is 8.19. The number of anilines is 1. The summed E-state index contributed by atoms with van der Waals surface area (Å²) in [5, 5.41) is 2.98. The van der Waals surface area contributed by atoms with Gasteiger partial charge in [-0.2, -0.15) is 0 Å². The van der Waals surface area contributed by atoms with Crippen LogP contribution in [0.3, 0.4) is 0 Å². The van der Waals surface area contributed by atoms with E-state index in [-0.39, 0.29) is 16.8 Å². The minimum Gasteiger partial charge on any atom is -0.436 e. The van der Waals surface area contributed by atoms with Crippen molar-refractivity contribution < 1.29 is 13.9 Å². The normalized spacial score (nSPS) is 14.3. The minimum absolute atomic E-state index is 0.0133. The Balaban J connectivity index is 1.35. The summed E-state index contributed by atoms with van der Waals surface area (Å²) in [6.45, 7) is 3.64. The van der Waals surface area contributed by atoms with Gasteiger partial charge in [-0.15, -0.1) is 0 Å². The lowest BCUT2D eigenvalue weighted by atomic mass is 9.96. The third kappa shape index (κ3) is 5.16. The molecule has 4 rings (SSSR count). The van der Waals surface area contributed by atoms with Crippen molar-refractivity contribution in [1.29, 1.82) is 0 Å². The predicted octanol–water partition coefficient (Wildman–Crippen LogP) is 4.90. The Morgan fingerprint density at radius 3 is 2.69 bits per heavy atom. The zero-order valence-electron chi connectivity index (χ0n) is 17.7. The highest BCUT2D eigenvalue weighted by atomic mass is 35.5. The van der Waals surface area contributed by atoms with E-state index in [0.717, 1.165) is 16.9 Å². The lowest BCUT2D eigenvalue weighted by Gasteiger charge is -2.32. The highest BCUT2D eigenvalue weighted by Crippen LogP contribution is 2.32. The van der Waals surface area contributed by atoms with Crippen molar-refractivity contribution in [3.8, 4) is 11.6 Å². The predicted molar refractivity (Wildman–Crippen MR) is 121 cm³/mol. The number of carbonyl (C=O) groups is 1. The third-order valence-corrected chi connectivity index (χ3v) is 5.85. The van der Waals surface area contributed by atoms with Crippen molar-refractivity contribution >= 4 is 23.3 Å². The summed E-state index contributed by atoms with van der Waals surface area (Å²) < 4.78 is 19.3. The van der Waals surface area contributed by atoms with Crippen LogP contribution in [0.25, 0.3) is 0 Å². The first-order valence-electron chi connectivity index (χ1n) is 10.5. The van der Waals surface area contributed by atoms with Gasteiger partial charge in [0.2, 0.25) is 5.91 Å². The van der Waals surface area contributed by atoms with Gasteiger partial charge in [0.15, 0.2) is 5.82 Å². The summed E-state index contributed by atoms with van der Waals surface area (Å²) in [6, 6.07) is 12.2. The first kappa shape index (κ1) is 22.0. The van der Waals surface area contributed by atoms with Crippen LogP contribution in [0.5, 0.6) is 11.6 Å². The molecule has 0 unspecified atom stereocenters. The fourth-order valence-electron chi connectivity index (χ4n) is 3.72. The molecule has 0 radical (unpaired) electrons. The summed E-state index contributed by atoms with van der Waals surface area (Å²) in [6.07, 6.45) is 4.64. The molecular formula is C24H24ClFN4O2. The molecule has 1 N–H and O–H groups in total. The summed E-state index contributed by atoms with van der Waals surface area (Å²) >= 11 is 5.81. The first-order valence-corrected chi connectivity index (χ1v) is 10.9. The molecule has 0 aliphatic carbocycles. The van der Waals surface area contributed by atoms with E-state index in [2.05, 4.69) is 20.2 Å². The lowest BCUT2D eigenvalue weighted by Crippen LogP contribution is -2.40. The quantitative estimate of drug-likeness (QED) is 0.573. The standard InChI is InChI=1S/C24H24ClFN4O2/c1-16-4-2-3-5-21(16)32-24-22(27-10-11-28-24)30-12-8-18(9-13-30)23(31)29-15-17-6-7-20(26)19(25)14-17/h2-7,10-11,14,18H,8-9,12-13,15H2,1H3,(H,29,31). The van der Waals surface area contributed by atoms with E-state index in [1.807, 2.05) is 31.2 Å². The molecule has 3 aromatic rings. The van der Waals surface area contributed by atoms with Gasteiger partial charge in [0.25, 0.3) is 5.88 Å². The van der Waals surface area contributed by atoms with Gasteiger partial charge in [0.05, 0.1) is 5.02 Å². The Bertz CT molecular complexity index is 1100. The van der Waals surface area contributed by atoms with Crippen LogP contribution < -0.4 is 15.0 Å². The molecular weight excluding hydrogens is 431 g/mol. The van der Waals surface area contributed by atoms with Gasteiger partial charge in [0, 0.05) is 37.9 Å². The maximum Gasteiger partial charge on any atom is 0.263 e. The molecule has 1 aliphatic rings. The fourth-order valence-corrected chi connectivity index (χ4v) is 3.92. The molecule has 2 aromatic carbocycles. The first-order chi connectivity index (χ1) is 15.5. The Morgan fingerprint density at radius 1 is 1.19 bits per heavy atom. The smallest absolute Gasteiger partial charge is 0.263 e. The van der Waals surface area contributed by atoms with Crippen molar-refractivity contribution in [3.05, 3.63) is 76.8 Å². The molecule has 2 heterocycles. The number of amides is 1. The van der Waals surface area contributed by atoms with Crippen molar-refractivity contribution in [2.24, 2.45) is 5.92 Å². The Labute approximate surface area is 191 Å². The van der Waals surface area contributed by atoms with Crippen LogP contribution >= 0.6 is 11.6 Å². The molecule has 8 heteroatoms. The van der Waals surface area contributed by atoms with E-state index in [1.54, 1.807) is 18.5 Å². The summed E-state index contributed by atoms with van der Waals surface area (Å²) in [5.74, 6) is 1.29. The Hall–Kier alpha value is -3.19. The monoisotopic (exact) mass is 454 g/mol. The molecule has 32 heavy (non-hydrogen) atoms. The van der Waals surface area contributed by atoms with Gasteiger partial charge in [-0.25, -0.2) is 14.4 Å². The highest BCUT2D eigenvalue weighted by molar-refractivity contribution is 6.30. The number of aromatic nitrogens is 2. The van der Waals surface area contributed by atoms with E-state index in [4.69, 9.17) is 16.3 Å². The number of ether oxygens (including phenoxy) is 1. The average Bonchev–Trinajstić information content (AvgIpc) is 2.81. The Kier molecular flexibility index (Phi) is 6.85. The van der Waals surface area contributed by atoms with E-state index >= 15 is 0 Å². The Morgan fingerprint density at radius 2 is 1.94 bits per heavy atom. The van der Waals surface area contributed by atoms with E-state index in [0.29, 0.717) is 44.2 Å². The molecule has 166 valence electrons. The van der Waals surface area contributed by atoms with Crippen LogP contribution in [0.1, 0.15) is 24.0 Å². The maximum atomic E-state index is 13.3. The zero-order valence-corrected chi connectivity index (χ0v) is 18.5.